The number of benzene rings is 3. The van der Waals surface area contributed by atoms with Gasteiger partial charge in [0, 0.05) is 5.56 Å². The lowest BCUT2D eigenvalue weighted by molar-refractivity contribution is 0.0950. The number of carbonyl (C=O) groups excluding carboxylic acids is 1. The van der Waals surface area contributed by atoms with Crippen LogP contribution >= 0.6 is 0 Å². The van der Waals surface area contributed by atoms with Crippen molar-refractivity contribution < 1.29 is 14.3 Å². The van der Waals surface area contributed by atoms with Crippen LogP contribution in [0.2, 0.25) is 0 Å². The van der Waals surface area contributed by atoms with Crippen molar-refractivity contribution in [2.75, 3.05) is 7.11 Å². The van der Waals surface area contributed by atoms with Crippen molar-refractivity contribution >= 4 is 12.1 Å². The van der Waals surface area contributed by atoms with E-state index in [0.717, 1.165) is 28.2 Å². The summed E-state index contributed by atoms with van der Waals surface area (Å²) in [6.45, 7) is 0.481. The lowest BCUT2D eigenvalue weighted by Crippen LogP contribution is -2.18. The van der Waals surface area contributed by atoms with Crippen molar-refractivity contribution in [1.29, 1.82) is 0 Å². The zero-order valence-corrected chi connectivity index (χ0v) is 17.5. The molecule has 7 nitrogen and oxygen atoms in total. The molecule has 0 saturated carbocycles. The second-order valence-corrected chi connectivity index (χ2v) is 6.94. The molecule has 0 fully saturated rings. The SMILES string of the molecule is COc1ccc(-c2cc(C(=O)N/N=C\c3cccc(OCc4ccccc4)c3)[nH]n2)cc1. The summed E-state index contributed by atoms with van der Waals surface area (Å²) in [4.78, 5) is 12.4. The molecule has 4 rings (SSSR count). The minimum absolute atomic E-state index is 0.313. The number of carbonyl (C=O) groups is 1. The first-order valence-corrected chi connectivity index (χ1v) is 10.0. The van der Waals surface area contributed by atoms with Crippen molar-refractivity contribution in [1.82, 2.24) is 15.6 Å². The van der Waals surface area contributed by atoms with Crippen LogP contribution in [0.25, 0.3) is 11.3 Å². The van der Waals surface area contributed by atoms with Crippen LogP contribution in [0.15, 0.2) is 90.0 Å². The first kappa shape index (κ1) is 20.9. The van der Waals surface area contributed by atoms with Crippen LogP contribution < -0.4 is 14.9 Å². The average molecular weight is 426 g/mol. The second-order valence-electron chi connectivity index (χ2n) is 6.94. The molecule has 0 unspecified atom stereocenters. The molecule has 160 valence electrons. The molecular weight excluding hydrogens is 404 g/mol. The Morgan fingerprint density at radius 3 is 2.59 bits per heavy atom. The number of aromatic amines is 1. The molecule has 1 aromatic heterocycles. The van der Waals surface area contributed by atoms with E-state index in [1.165, 1.54) is 0 Å². The van der Waals surface area contributed by atoms with Crippen molar-refractivity contribution in [2.45, 2.75) is 6.61 Å². The monoisotopic (exact) mass is 426 g/mol. The normalized spacial score (nSPS) is 10.8. The molecule has 7 heteroatoms. The quantitative estimate of drug-likeness (QED) is 0.322. The number of hydrazone groups is 1. The van der Waals surface area contributed by atoms with Crippen molar-refractivity contribution in [3.8, 4) is 22.8 Å². The molecule has 0 saturated heterocycles. The summed E-state index contributed by atoms with van der Waals surface area (Å²) < 4.78 is 11.0. The summed E-state index contributed by atoms with van der Waals surface area (Å²) in [5.41, 5.74) is 6.24. The Balaban J connectivity index is 1.33. The maximum atomic E-state index is 12.4. The number of hydrogen-bond donors (Lipinski definition) is 2. The highest BCUT2D eigenvalue weighted by atomic mass is 16.5. The molecular formula is C25H22N4O3. The van der Waals surface area contributed by atoms with Gasteiger partial charge in [-0.05, 0) is 53.6 Å². The Bertz CT molecular complexity index is 1200. The van der Waals surface area contributed by atoms with E-state index in [4.69, 9.17) is 9.47 Å². The van der Waals surface area contributed by atoms with E-state index >= 15 is 0 Å². The third-order valence-electron chi connectivity index (χ3n) is 4.69. The number of methoxy groups -OCH3 is 1. The summed E-state index contributed by atoms with van der Waals surface area (Å²) in [5, 5.41) is 11.0. The van der Waals surface area contributed by atoms with E-state index in [1.54, 1.807) is 19.4 Å². The molecule has 0 aliphatic rings. The molecule has 2 N–H and O–H groups in total. The largest absolute Gasteiger partial charge is 0.497 e. The van der Waals surface area contributed by atoms with E-state index in [2.05, 4.69) is 20.7 Å². The predicted molar refractivity (Wildman–Crippen MR) is 123 cm³/mol. The van der Waals surface area contributed by atoms with Crippen LogP contribution in [0, 0.1) is 0 Å². The molecule has 3 aromatic carbocycles. The van der Waals surface area contributed by atoms with Gasteiger partial charge in [0.15, 0.2) is 0 Å². The van der Waals surface area contributed by atoms with Gasteiger partial charge in [0.05, 0.1) is 19.0 Å². The Hall–Kier alpha value is -4.39. The molecule has 0 aliphatic carbocycles. The van der Waals surface area contributed by atoms with Crippen molar-refractivity contribution in [2.24, 2.45) is 5.10 Å². The number of nitrogens with one attached hydrogen (secondary N) is 2. The molecule has 4 aromatic rings. The van der Waals surface area contributed by atoms with Crippen LogP contribution in [0.5, 0.6) is 11.5 Å². The molecule has 1 heterocycles. The van der Waals surface area contributed by atoms with Gasteiger partial charge in [0.25, 0.3) is 5.91 Å². The summed E-state index contributed by atoms with van der Waals surface area (Å²) in [7, 11) is 1.61. The molecule has 32 heavy (non-hydrogen) atoms. The standard InChI is InChI=1S/C25H22N4O3/c1-31-21-12-10-20(11-13-21)23-15-24(28-27-23)25(30)29-26-16-19-8-5-9-22(14-19)32-17-18-6-3-2-4-7-18/h2-16H,17H2,1H3,(H,27,28)(H,29,30)/b26-16-. The second kappa shape index (κ2) is 10.1. The summed E-state index contributed by atoms with van der Waals surface area (Å²) in [6.07, 6.45) is 1.56. The maximum absolute atomic E-state index is 12.4. The Kier molecular flexibility index (Phi) is 6.57. The number of hydrogen-bond acceptors (Lipinski definition) is 5. The summed E-state index contributed by atoms with van der Waals surface area (Å²) in [6, 6.07) is 26.5. The van der Waals surface area contributed by atoms with Gasteiger partial charge >= 0.3 is 0 Å². The smallest absolute Gasteiger partial charge is 0.289 e. The lowest BCUT2D eigenvalue weighted by Gasteiger charge is -2.06. The number of ether oxygens (including phenoxy) is 2. The summed E-state index contributed by atoms with van der Waals surface area (Å²) in [5.74, 6) is 1.10. The van der Waals surface area contributed by atoms with Gasteiger partial charge < -0.3 is 9.47 Å². The predicted octanol–water partition coefficient (Wildman–Crippen LogP) is 4.43. The highest BCUT2D eigenvalue weighted by Crippen LogP contribution is 2.21. The van der Waals surface area contributed by atoms with E-state index in [9.17, 15) is 4.79 Å². The number of amides is 1. The van der Waals surface area contributed by atoms with E-state index in [0.29, 0.717) is 18.0 Å². The average Bonchev–Trinajstić information content (AvgIpc) is 3.34. The zero-order chi connectivity index (χ0) is 22.2. The molecule has 0 bridgehead atoms. The first-order chi connectivity index (χ1) is 15.7. The Morgan fingerprint density at radius 2 is 1.81 bits per heavy atom. The Labute approximate surface area is 185 Å². The molecule has 0 spiro atoms. The van der Waals surface area contributed by atoms with Gasteiger partial charge in [0.1, 0.15) is 23.8 Å². The molecule has 1 amide bonds. The molecule has 0 radical (unpaired) electrons. The van der Waals surface area contributed by atoms with E-state index in [1.807, 2.05) is 78.9 Å². The van der Waals surface area contributed by atoms with Gasteiger partial charge in [-0.3, -0.25) is 9.89 Å². The van der Waals surface area contributed by atoms with Gasteiger partial charge in [-0.25, -0.2) is 5.43 Å². The minimum Gasteiger partial charge on any atom is -0.497 e. The fraction of sp³-hybridized carbons (Fsp3) is 0.0800. The number of nitrogens with zero attached hydrogens (tertiary/aromatic N) is 2. The van der Waals surface area contributed by atoms with Crippen LogP contribution in [0.4, 0.5) is 0 Å². The number of rotatable bonds is 8. The minimum atomic E-state index is -0.384. The van der Waals surface area contributed by atoms with Crippen molar-refractivity contribution in [3.63, 3.8) is 0 Å². The van der Waals surface area contributed by atoms with Gasteiger partial charge in [-0.1, -0.05) is 42.5 Å². The Morgan fingerprint density at radius 1 is 1.00 bits per heavy atom. The number of aromatic nitrogens is 2. The van der Waals surface area contributed by atoms with E-state index < -0.39 is 0 Å². The third-order valence-corrected chi connectivity index (χ3v) is 4.69. The van der Waals surface area contributed by atoms with Gasteiger partial charge in [0.2, 0.25) is 0 Å². The highest BCUT2D eigenvalue weighted by molar-refractivity contribution is 5.94. The lowest BCUT2D eigenvalue weighted by atomic mass is 10.1. The van der Waals surface area contributed by atoms with E-state index in [-0.39, 0.29) is 5.91 Å². The van der Waals surface area contributed by atoms with Gasteiger partial charge in [-0.15, -0.1) is 0 Å². The zero-order valence-electron chi connectivity index (χ0n) is 17.5. The van der Waals surface area contributed by atoms with Gasteiger partial charge in [-0.2, -0.15) is 10.2 Å². The van der Waals surface area contributed by atoms with Crippen LogP contribution in [0.1, 0.15) is 21.6 Å². The molecule has 0 atom stereocenters. The highest BCUT2D eigenvalue weighted by Gasteiger charge is 2.10. The molecule has 0 aliphatic heterocycles. The fourth-order valence-corrected chi connectivity index (χ4v) is 3.00. The fourth-order valence-electron chi connectivity index (χ4n) is 3.00. The van der Waals surface area contributed by atoms with Crippen LogP contribution in [-0.4, -0.2) is 29.4 Å². The van der Waals surface area contributed by atoms with Crippen LogP contribution in [-0.2, 0) is 6.61 Å². The topological polar surface area (TPSA) is 88.6 Å². The van der Waals surface area contributed by atoms with Crippen molar-refractivity contribution in [3.05, 3.63) is 102 Å². The summed E-state index contributed by atoms with van der Waals surface area (Å²) >= 11 is 0. The number of H-pyrrole nitrogens is 1. The van der Waals surface area contributed by atoms with Crippen LogP contribution in [0.3, 0.4) is 0 Å². The maximum Gasteiger partial charge on any atom is 0.289 e. The third kappa shape index (κ3) is 5.40. The first-order valence-electron chi connectivity index (χ1n) is 10.0.